The number of nitrogens with two attached hydrogens (primary N) is 1. The molecule has 2 aliphatic rings. The van der Waals surface area contributed by atoms with Crippen molar-refractivity contribution in [2.24, 2.45) is 0 Å². The summed E-state index contributed by atoms with van der Waals surface area (Å²) >= 11 is 0. The summed E-state index contributed by atoms with van der Waals surface area (Å²) in [5, 5.41) is 3.88. The van der Waals surface area contributed by atoms with Crippen molar-refractivity contribution in [2.75, 3.05) is 18.8 Å². The minimum Gasteiger partial charge on any atom is -0.383 e. The zero-order valence-corrected chi connectivity index (χ0v) is 23.3. The molecular weight excluding hydrogens is 524 g/mol. The van der Waals surface area contributed by atoms with E-state index in [1.807, 2.05) is 35.4 Å². The number of nitrogen functional groups attached to an aromatic ring is 1. The van der Waals surface area contributed by atoms with E-state index in [9.17, 15) is 4.79 Å². The van der Waals surface area contributed by atoms with Gasteiger partial charge in [-0.3, -0.25) is 14.3 Å². The van der Waals surface area contributed by atoms with Crippen molar-refractivity contribution in [3.8, 4) is 28.2 Å². The molecular formula is C33H32N8O. The maximum atomic E-state index is 12.0. The van der Waals surface area contributed by atoms with E-state index in [1.54, 1.807) is 18.6 Å². The van der Waals surface area contributed by atoms with E-state index >= 15 is 0 Å². The van der Waals surface area contributed by atoms with E-state index in [4.69, 9.17) is 15.7 Å². The van der Waals surface area contributed by atoms with Gasteiger partial charge in [0.1, 0.15) is 11.3 Å². The highest BCUT2D eigenvalue weighted by atomic mass is 16.2. The first-order valence-electron chi connectivity index (χ1n) is 14.4. The predicted molar refractivity (Wildman–Crippen MR) is 164 cm³/mol. The molecule has 1 aliphatic carbocycles. The first-order chi connectivity index (χ1) is 20.6. The van der Waals surface area contributed by atoms with Crippen LogP contribution < -0.4 is 11.1 Å². The number of hydrogen-bond donors (Lipinski definition) is 2. The number of carbonyl (C=O) groups is 1. The number of rotatable bonds is 6. The molecule has 1 aliphatic heterocycles. The van der Waals surface area contributed by atoms with Crippen molar-refractivity contribution in [3.05, 3.63) is 97.1 Å². The highest BCUT2D eigenvalue weighted by Crippen LogP contribution is 2.37. The van der Waals surface area contributed by atoms with Crippen molar-refractivity contribution >= 4 is 22.9 Å². The monoisotopic (exact) mass is 556 g/mol. The lowest BCUT2D eigenvalue weighted by atomic mass is 10.0. The van der Waals surface area contributed by atoms with Gasteiger partial charge in [0, 0.05) is 61.2 Å². The molecule has 210 valence electrons. The van der Waals surface area contributed by atoms with Crippen molar-refractivity contribution < 1.29 is 4.79 Å². The Morgan fingerprint density at radius 1 is 1.00 bits per heavy atom. The third-order valence-corrected chi connectivity index (χ3v) is 8.47. The lowest BCUT2D eigenvalue weighted by molar-refractivity contribution is -0.127. The molecule has 1 aromatic carbocycles. The van der Waals surface area contributed by atoms with Crippen LogP contribution in [0.1, 0.15) is 36.4 Å². The molecule has 9 nitrogen and oxygen atoms in total. The maximum absolute atomic E-state index is 12.0. The lowest BCUT2D eigenvalue weighted by Crippen LogP contribution is -2.45. The SMILES string of the molecule is C=CC(=O)N1CCC(NC2CCc3cc(-n4c(-c5cccnc5N)nc5cc(-c6ccncc6)cnc54)ccc32)CC1. The second kappa shape index (κ2) is 10.8. The standard InChI is InChI=1S/C33H32N8O/c1-2-30(42)40-16-11-24(12-17-40)38-28-8-5-22-18-25(6-7-26(22)28)41-32(27-4-3-13-36-31(27)34)39-29-19-23(20-37-33(29)41)21-9-14-35-15-10-21/h2-4,6-7,9-10,13-15,18-20,24,28,38H,1,5,8,11-12,16-17H2,(H2,34,36). The van der Waals surface area contributed by atoms with Gasteiger partial charge in [0.2, 0.25) is 5.91 Å². The highest BCUT2D eigenvalue weighted by molar-refractivity contribution is 5.87. The number of aryl methyl sites for hydroxylation is 1. The summed E-state index contributed by atoms with van der Waals surface area (Å²) in [6.07, 6.45) is 12.5. The fourth-order valence-corrected chi connectivity index (χ4v) is 6.30. The second-order valence-electron chi connectivity index (χ2n) is 11.0. The molecule has 3 N–H and O–H groups in total. The average Bonchev–Trinajstić information content (AvgIpc) is 3.62. The van der Waals surface area contributed by atoms with Crippen LogP contribution in [0.5, 0.6) is 0 Å². The minimum atomic E-state index is 0.0229. The number of nitrogens with one attached hydrogen (secondary N) is 1. The third-order valence-electron chi connectivity index (χ3n) is 8.47. The van der Waals surface area contributed by atoms with E-state index in [0.29, 0.717) is 23.7 Å². The molecule has 0 spiro atoms. The Bertz CT molecular complexity index is 1790. The Hall–Kier alpha value is -4.89. The first-order valence-corrected chi connectivity index (χ1v) is 14.4. The van der Waals surface area contributed by atoms with Gasteiger partial charge in [-0.2, -0.15) is 0 Å². The van der Waals surface area contributed by atoms with Gasteiger partial charge in [-0.25, -0.2) is 15.0 Å². The van der Waals surface area contributed by atoms with Gasteiger partial charge in [0.15, 0.2) is 11.5 Å². The van der Waals surface area contributed by atoms with Gasteiger partial charge < -0.3 is 16.0 Å². The molecule has 1 fully saturated rings. The third kappa shape index (κ3) is 4.71. The van der Waals surface area contributed by atoms with Gasteiger partial charge in [-0.05, 0) is 90.9 Å². The Balaban J connectivity index is 1.22. The molecule has 0 saturated carbocycles. The normalized spacial score (nSPS) is 17.0. The number of imidazole rings is 1. The van der Waals surface area contributed by atoms with Gasteiger partial charge in [0.25, 0.3) is 0 Å². The summed E-state index contributed by atoms with van der Waals surface area (Å²) in [4.78, 5) is 32.3. The molecule has 5 heterocycles. The quantitative estimate of drug-likeness (QED) is 0.287. The zero-order valence-electron chi connectivity index (χ0n) is 23.3. The molecule has 4 aromatic heterocycles. The van der Waals surface area contributed by atoms with Gasteiger partial charge >= 0.3 is 0 Å². The number of carbonyl (C=O) groups excluding carboxylic acids is 1. The van der Waals surface area contributed by atoms with Gasteiger partial charge in [0.05, 0.1) is 5.56 Å². The molecule has 7 rings (SSSR count). The Labute approximate surface area is 244 Å². The number of pyridine rings is 3. The summed E-state index contributed by atoms with van der Waals surface area (Å²) in [5.74, 6) is 1.16. The van der Waals surface area contributed by atoms with Crippen molar-refractivity contribution in [1.29, 1.82) is 0 Å². The lowest BCUT2D eigenvalue weighted by Gasteiger charge is -2.33. The van der Waals surface area contributed by atoms with E-state index in [2.05, 4.69) is 50.7 Å². The van der Waals surface area contributed by atoms with Crippen LogP contribution in [-0.4, -0.2) is 54.4 Å². The number of amides is 1. The number of likely N-dealkylation sites (tertiary alicyclic amines) is 1. The largest absolute Gasteiger partial charge is 0.383 e. The molecule has 5 aromatic rings. The molecule has 42 heavy (non-hydrogen) atoms. The Kier molecular flexibility index (Phi) is 6.71. The summed E-state index contributed by atoms with van der Waals surface area (Å²) < 4.78 is 2.09. The van der Waals surface area contributed by atoms with E-state index in [0.717, 1.165) is 72.3 Å². The van der Waals surface area contributed by atoms with E-state index < -0.39 is 0 Å². The fraction of sp³-hybridized carbons (Fsp3) is 0.242. The van der Waals surface area contributed by atoms with E-state index in [1.165, 1.54) is 17.2 Å². The number of aromatic nitrogens is 5. The molecule has 1 unspecified atom stereocenters. The maximum Gasteiger partial charge on any atom is 0.245 e. The molecule has 9 heteroatoms. The molecule has 0 bridgehead atoms. The van der Waals surface area contributed by atoms with Crippen LogP contribution in [0.3, 0.4) is 0 Å². The average molecular weight is 557 g/mol. The van der Waals surface area contributed by atoms with Crippen molar-refractivity contribution in [1.82, 2.24) is 34.7 Å². The zero-order chi connectivity index (χ0) is 28.6. The number of piperidine rings is 1. The van der Waals surface area contributed by atoms with Crippen LogP contribution >= 0.6 is 0 Å². The number of anilines is 1. The summed E-state index contributed by atoms with van der Waals surface area (Å²) in [5.41, 5.74) is 14.3. The predicted octanol–water partition coefficient (Wildman–Crippen LogP) is 4.88. The Morgan fingerprint density at radius 3 is 2.62 bits per heavy atom. The second-order valence-corrected chi connectivity index (χ2v) is 11.0. The van der Waals surface area contributed by atoms with Crippen molar-refractivity contribution in [3.63, 3.8) is 0 Å². The van der Waals surface area contributed by atoms with E-state index in [-0.39, 0.29) is 5.91 Å². The molecule has 1 atom stereocenters. The van der Waals surface area contributed by atoms with Crippen LogP contribution in [0.4, 0.5) is 5.82 Å². The molecule has 0 radical (unpaired) electrons. The van der Waals surface area contributed by atoms with Crippen LogP contribution in [0, 0.1) is 0 Å². The highest BCUT2D eigenvalue weighted by Gasteiger charge is 2.29. The van der Waals surface area contributed by atoms with Crippen LogP contribution in [-0.2, 0) is 11.2 Å². The van der Waals surface area contributed by atoms with Crippen LogP contribution in [0.15, 0.2) is 86.0 Å². The summed E-state index contributed by atoms with van der Waals surface area (Å²) in [7, 11) is 0. The molecule has 1 amide bonds. The summed E-state index contributed by atoms with van der Waals surface area (Å²) in [6, 6.07) is 17.2. The Morgan fingerprint density at radius 2 is 1.83 bits per heavy atom. The summed E-state index contributed by atoms with van der Waals surface area (Å²) in [6.45, 7) is 5.16. The smallest absolute Gasteiger partial charge is 0.245 e. The van der Waals surface area contributed by atoms with Crippen LogP contribution in [0.25, 0.3) is 39.4 Å². The van der Waals surface area contributed by atoms with Gasteiger partial charge in [-0.15, -0.1) is 0 Å². The fourth-order valence-electron chi connectivity index (χ4n) is 6.30. The van der Waals surface area contributed by atoms with Crippen LogP contribution in [0.2, 0.25) is 0 Å². The minimum absolute atomic E-state index is 0.0229. The molecule has 1 saturated heterocycles. The first kappa shape index (κ1) is 26.0. The topological polar surface area (TPSA) is 115 Å². The number of benzene rings is 1. The number of nitrogens with zero attached hydrogens (tertiary/aromatic N) is 6. The van der Waals surface area contributed by atoms with Gasteiger partial charge in [-0.1, -0.05) is 12.6 Å². The number of fused-ring (bicyclic) bond motifs is 2. The van der Waals surface area contributed by atoms with Crippen molar-refractivity contribution in [2.45, 2.75) is 37.8 Å². The number of hydrogen-bond acceptors (Lipinski definition) is 7.